The minimum Gasteiger partial charge on any atom is -0.381 e. The summed E-state index contributed by atoms with van der Waals surface area (Å²) in [7, 11) is 0. The number of rotatable bonds is 2. The second kappa shape index (κ2) is 4.62. The van der Waals surface area contributed by atoms with Gasteiger partial charge in [0.05, 0.1) is 16.4 Å². The Kier molecular flexibility index (Phi) is 3.35. The van der Waals surface area contributed by atoms with Crippen molar-refractivity contribution in [3.05, 3.63) is 33.1 Å². The van der Waals surface area contributed by atoms with Crippen LogP contribution in [0.2, 0.25) is 5.02 Å². The van der Waals surface area contributed by atoms with Gasteiger partial charge >= 0.3 is 0 Å². The van der Waals surface area contributed by atoms with Gasteiger partial charge < -0.3 is 5.73 Å². The summed E-state index contributed by atoms with van der Waals surface area (Å²) >= 11 is 9.26. The van der Waals surface area contributed by atoms with Crippen molar-refractivity contribution in [2.24, 2.45) is 0 Å². The molecule has 0 unspecified atom stereocenters. The Morgan fingerprint density at radius 2 is 2.24 bits per heavy atom. The molecule has 0 saturated heterocycles. The summed E-state index contributed by atoms with van der Waals surface area (Å²) in [5, 5.41) is 7.95. The number of anilines is 1. The highest BCUT2D eigenvalue weighted by molar-refractivity contribution is 9.10. The lowest BCUT2D eigenvalue weighted by molar-refractivity contribution is 0.625. The molecule has 0 bridgehead atoms. The standard InChI is InChI=1S/C10H9BrClFN4/c1-2-8-10(14)15-16-17(8)9-6(11)3-5(13)4-7(9)12/h3-4H,2,14H2,1H3. The molecule has 1 heterocycles. The summed E-state index contributed by atoms with van der Waals surface area (Å²) in [6.07, 6.45) is 0.652. The molecule has 2 rings (SSSR count). The third-order valence-electron chi connectivity index (χ3n) is 2.32. The molecule has 2 aromatic rings. The molecule has 90 valence electrons. The highest BCUT2D eigenvalue weighted by Gasteiger charge is 2.16. The number of benzene rings is 1. The van der Waals surface area contributed by atoms with E-state index in [1.54, 1.807) is 0 Å². The predicted octanol–water partition coefficient (Wildman–Crippen LogP) is 2.97. The summed E-state index contributed by atoms with van der Waals surface area (Å²) in [6, 6.07) is 2.54. The Labute approximate surface area is 111 Å². The van der Waals surface area contributed by atoms with Crippen LogP contribution in [0.5, 0.6) is 0 Å². The molecule has 4 nitrogen and oxygen atoms in total. The summed E-state index contributed by atoms with van der Waals surface area (Å²) < 4.78 is 15.1. The quantitative estimate of drug-likeness (QED) is 0.926. The van der Waals surface area contributed by atoms with Crippen LogP contribution in [0.25, 0.3) is 5.69 Å². The zero-order valence-electron chi connectivity index (χ0n) is 8.91. The molecule has 1 aromatic heterocycles. The van der Waals surface area contributed by atoms with E-state index in [4.69, 9.17) is 17.3 Å². The van der Waals surface area contributed by atoms with Gasteiger partial charge in [0, 0.05) is 4.47 Å². The van der Waals surface area contributed by atoms with Crippen LogP contribution in [0.4, 0.5) is 10.2 Å². The number of aromatic nitrogens is 3. The summed E-state index contributed by atoms with van der Waals surface area (Å²) in [5.74, 6) is -0.0726. The molecule has 0 aliphatic heterocycles. The van der Waals surface area contributed by atoms with Crippen LogP contribution in [-0.2, 0) is 6.42 Å². The molecule has 0 fully saturated rings. The maximum Gasteiger partial charge on any atom is 0.169 e. The second-order valence-electron chi connectivity index (χ2n) is 3.40. The van der Waals surface area contributed by atoms with Gasteiger partial charge in [0.2, 0.25) is 0 Å². The average molecular weight is 320 g/mol. The maximum atomic E-state index is 13.1. The SMILES string of the molecule is CCc1c(N)nnn1-c1c(Cl)cc(F)cc1Br. The van der Waals surface area contributed by atoms with Crippen molar-refractivity contribution in [1.29, 1.82) is 0 Å². The lowest BCUT2D eigenvalue weighted by Gasteiger charge is -2.09. The van der Waals surface area contributed by atoms with Gasteiger partial charge in [-0.15, -0.1) is 5.10 Å². The summed E-state index contributed by atoms with van der Waals surface area (Å²) in [5.41, 5.74) is 6.96. The van der Waals surface area contributed by atoms with E-state index < -0.39 is 5.82 Å². The molecular weight excluding hydrogens is 310 g/mol. The van der Waals surface area contributed by atoms with Crippen LogP contribution in [0.3, 0.4) is 0 Å². The molecule has 17 heavy (non-hydrogen) atoms. The fraction of sp³-hybridized carbons (Fsp3) is 0.200. The van der Waals surface area contributed by atoms with E-state index in [1.807, 2.05) is 6.92 Å². The van der Waals surface area contributed by atoms with E-state index in [2.05, 4.69) is 26.2 Å². The second-order valence-corrected chi connectivity index (χ2v) is 4.67. The topological polar surface area (TPSA) is 56.7 Å². The van der Waals surface area contributed by atoms with Crippen LogP contribution < -0.4 is 5.73 Å². The molecule has 2 N–H and O–H groups in total. The number of nitrogens with zero attached hydrogens (tertiary/aromatic N) is 3. The highest BCUT2D eigenvalue weighted by atomic mass is 79.9. The normalized spacial score (nSPS) is 10.8. The van der Waals surface area contributed by atoms with E-state index in [1.165, 1.54) is 16.8 Å². The molecule has 0 radical (unpaired) electrons. The fourth-order valence-electron chi connectivity index (χ4n) is 1.56. The van der Waals surface area contributed by atoms with Crippen molar-refractivity contribution in [3.63, 3.8) is 0 Å². The molecule has 0 aliphatic rings. The van der Waals surface area contributed by atoms with Crippen molar-refractivity contribution in [3.8, 4) is 5.69 Å². The van der Waals surface area contributed by atoms with Crippen molar-refractivity contribution in [2.45, 2.75) is 13.3 Å². The number of halogens is 3. The van der Waals surface area contributed by atoms with Crippen LogP contribution >= 0.6 is 27.5 Å². The van der Waals surface area contributed by atoms with Gasteiger partial charge in [-0.05, 0) is 34.5 Å². The van der Waals surface area contributed by atoms with Gasteiger partial charge in [-0.1, -0.05) is 23.7 Å². The van der Waals surface area contributed by atoms with Gasteiger partial charge in [0.15, 0.2) is 5.82 Å². The number of nitrogens with two attached hydrogens (primary N) is 1. The minimum atomic E-state index is -0.420. The Bertz CT molecular complexity index is 546. The Balaban J connectivity index is 2.68. The van der Waals surface area contributed by atoms with Crippen molar-refractivity contribution < 1.29 is 4.39 Å². The smallest absolute Gasteiger partial charge is 0.169 e. The molecule has 0 amide bonds. The van der Waals surface area contributed by atoms with Crippen molar-refractivity contribution in [2.75, 3.05) is 5.73 Å². The zero-order chi connectivity index (χ0) is 12.6. The monoisotopic (exact) mass is 318 g/mol. The lowest BCUT2D eigenvalue weighted by Crippen LogP contribution is -2.04. The van der Waals surface area contributed by atoms with Gasteiger partial charge in [0.1, 0.15) is 5.82 Å². The number of hydrogen-bond acceptors (Lipinski definition) is 3. The van der Waals surface area contributed by atoms with E-state index in [0.717, 1.165) is 5.69 Å². The van der Waals surface area contributed by atoms with Gasteiger partial charge in [-0.3, -0.25) is 0 Å². The van der Waals surface area contributed by atoms with Gasteiger partial charge in [0.25, 0.3) is 0 Å². The fourth-order valence-corrected chi connectivity index (χ4v) is 2.56. The Hall–Kier alpha value is -1.14. The highest BCUT2D eigenvalue weighted by Crippen LogP contribution is 2.31. The zero-order valence-corrected chi connectivity index (χ0v) is 11.3. The first-order valence-electron chi connectivity index (χ1n) is 4.89. The summed E-state index contributed by atoms with van der Waals surface area (Å²) in [6.45, 7) is 1.93. The maximum absolute atomic E-state index is 13.1. The third-order valence-corrected chi connectivity index (χ3v) is 3.21. The summed E-state index contributed by atoms with van der Waals surface area (Å²) in [4.78, 5) is 0. The van der Waals surface area contributed by atoms with E-state index in [9.17, 15) is 4.39 Å². The first-order chi connectivity index (χ1) is 8.04. The van der Waals surface area contributed by atoms with Crippen LogP contribution in [0.1, 0.15) is 12.6 Å². The molecule has 0 saturated carbocycles. The van der Waals surface area contributed by atoms with E-state index >= 15 is 0 Å². The minimum absolute atomic E-state index is 0.247. The predicted molar refractivity (Wildman–Crippen MR) is 67.8 cm³/mol. The van der Waals surface area contributed by atoms with E-state index in [-0.39, 0.29) is 5.02 Å². The number of hydrogen-bond donors (Lipinski definition) is 1. The van der Waals surface area contributed by atoms with Gasteiger partial charge in [-0.25, -0.2) is 9.07 Å². The Morgan fingerprint density at radius 1 is 1.53 bits per heavy atom. The Morgan fingerprint density at radius 3 is 2.82 bits per heavy atom. The molecular formula is C10H9BrClFN4. The van der Waals surface area contributed by atoms with E-state index in [0.29, 0.717) is 22.4 Å². The van der Waals surface area contributed by atoms with Crippen molar-refractivity contribution >= 4 is 33.3 Å². The van der Waals surface area contributed by atoms with Crippen LogP contribution in [0.15, 0.2) is 16.6 Å². The number of nitrogen functional groups attached to an aromatic ring is 1. The molecule has 1 aromatic carbocycles. The molecule has 0 atom stereocenters. The average Bonchev–Trinajstić information content (AvgIpc) is 2.58. The first-order valence-corrected chi connectivity index (χ1v) is 6.06. The first kappa shape index (κ1) is 12.3. The molecule has 0 aliphatic carbocycles. The van der Waals surface area contributed by atoms with Gasteiger partial charge in [-0.2, -0.15) is 0 Å². The van der Waals surface area contributed by atoms with Crippen LogP contribution in [-0.4, -0.2) is 15.0 Å². The lowest BCUT2D eigenvalue weighted by atomic mass is 10.2. The third kappa shape index (κ3) is 2.14. The van der Waals surface area contributed by atoms with Crippen LogP contribution in [0, 0.1) is 5.82 Å². The molecule has 7 heteroatoms. The van der Waals surface area contributed by atoms with Crippen molar-refractivity contribution in [1.82, 2.24) is 15.0 Å². The largest absolute Gasteiger partial charge is 0.381 e. The molecule has 0 spiro atoms.